The molecule has 33 heavy (non-hydrogen) atoms. The van der Waals surface area contributed by atoms with Crippen LogP contribution in [0.1, 0.15) is 42.9 Å². The van der Waals surface area contributed by atoms with Gasteiger partial charge in [0.2, 0.25) is 11.8 Å². The van der Waals surface area contributed by atoms with Gasteiger partial charge in [-0.1, -0.05) is 42.5 Å². The molecule has 1 aliphatic carbocycles. The van der Waals surface area contributed by atoms with E-state index in [1.807, 2.05) is 42.5 Å². The van der Waals surface area contributed by atoms with Gasteiger partial charge in [0.25, 0.3) is 0 Å². The van der Waals surface area contributed by atoms with E-state index in [4.69, 9.17) is 9.15 Å². The molecule has 3 aromatic rings. The van der Waals surface area contributed by atoms with Crippen molar-refractivity contribution in [2.24, 2.45) is 5.41 Å². The van der Waals surface area contributed by atoms with Crippen LogP contribution in [0.4, 0.5) is 13.6 Å². The van der Waals surface area contributed by atoms with Crippen LogP contribution in [0.3, 0.4) is 0 Å². The number of hydrogen-bond donors (Lipinski definition) is 1. The van der Waals surface area contributed by atoms with Crippen molar-refractivity contribution >= 4 is 6.09 Å². The van der Waals surface area contributed by atoms with E-state index < -0.39 is 29.2 Å². The maximum absolute atomic E-state index is 13.8. The SMILES string of the molecule is O=C(OCc1ccccc1)N1CCC2(C[C@H]1c1ccc(-c3n[nH]c(=O)o3)cc1)CC(F)(F)C2. The van der Waals surface area contributed by atoms with E-state index in [-0.39, 0.29) is 25.3 Å². The van der Waals surface area contributed by atoms with Crippen LogP contribution in [0.25, 0.3) is 11.5 Å². The molecule has 1 saturated heterocycles. The Hall–Kier alpha value is -3.49. The summed E-state index contributed by atoms with van der Waals surface area (Å²) in [6.45, 7) is 0.494. The fraction of sp³-hybridized carbons (Fsp3) is 0.375. The van der Waals surface area contributed by atoms with Crippen molar-refractivity contribution in [1.29, 1.82) is 0 Å². The standard InChI is InChI=1S/C24H23F2N3O4/c25-24(26)14-23(15-24)10-11-29(22(31)32-13-16-4-2-1-3-5-16)19(12-23)17-6-8-18(9-7-17)20-27-28-21(30)33-20/h1-9,19H,10-15H2,(H,28,30)/t19-/m0/s1. The summed E-state index contributed by atoms with van der Waals surface area (Å²) in [5.74, 6) is -3.13. The summed E-state index contributed by atoms with van der Waals surface area (Å²) >= 11 is 0. The van der Waals surface area contributed by atoms with Gasteiger partial charge in [-0.15, -0.1) is 5.10 Å². The van der Waals surface area contributed by atoms with Crippen LogP contribution in [-0.4, -0.2) is 33.7 Å². The number of carbonyl (C=O) groups is 1. The smallest absolute Gasteiger partial charge is 0.434 e. The van der Waals surface area contributed by atoms with Gasteiger partial charge >= 0.3 is 11.8 Å². The van der Waals surface area contributed by atoms with E-state index in [1.165, 1.54) is 0 Å². The first-order chi connectivity index (χ1) is 15.8. The molecule has 1 aliphatic heterocycles. The molecule has 7 nitrogen and oxygen atoms in total. The molecule has 1 N–H and O–H groups in total. The summed E-state index contributed by atoms with van der Waals surface area (Å²) in [6, 6.07) is 16.1. The molecule has 2 fully saturated rings. The molecule has 1 aromatic heterocycles. The molecule has 0 bridgehead atoms. The summed E-state index contributed by atoms with van der Waals surface area (Å²) in [5.41, 5.74) is 1.80. The first-order valence-corrected chi connectivity index (χ1v) is 10.8. The first kappa shape index (κ1) is 21.4. The first-order valence-electron chi connectivity index (χ1n) is 10.8. The van der Waals surface area contributed by atoms with Crippen molar-refractivity contribution in [1.82, 2.24) is 15.1 Å². The van der Waals surface area contributed by atoms with E-state index in [0.29, 0.717) is 24.9 Å². The van der Waals surface area contributed by atoms with Crippen molar-refractivity contribution in [3.63, 3.8) is 0 Å². The minimum Gasteiger partial charge on any atom is -0.445 e. The van der Waals surface area contributed by atoms with Crippen LogP contribution < -0.4 is 5.76 Å². The van der Waals surface area contributed by atoms with Gasteiger partial charge in [-0.05, 0) is 41.5 Å². The highest BCUT2D eigenvalue weighted by molar-refractivity contribution is 5.69. The van der Waals surface area contributed by atoms with Crippen LogP contribution >= 0.6 is 0 Å². The zero-order chi connectivity index (χ0) is 23.1. The van der Waals surface area contributed by atoms with Crippen LogP contribution in [0.15, 0.2) is 63.8 Å². The Bertz CT molecular complexity index is 1180. The number of benzene rings is 2. The quantitative estimate of drug-likeness (QED) is 0.603. The zero-order valence-electron chi connectivity index (χ0n) is 17.8. The van der Waals surface area contributed by atoms with Gasteiger partial charge in [-0.25, -0.2) is 23.5 Å². The number of alkyl halides is 2. The molecular formula is C24H23F2N3O4. The van der Waals surface area contributed by atoms with Crippen LogP contribution in [-0.2, 0) is 11.3 Å². The minimum atomic E-state index is -2.64. The molecular weight excluding hydrogens is 432 g/mol. The van der Waals surface area contributed by atoms with Crippen molar-refractivity contribution in [2.45, 2.75) is 44.3 Å². The third-order valence-electron chi connectivity index (χ3n) is 6.57. The van der Waals surface area contributed by atoms with Crippen molar-refractivity contribution in [3.8, 4) is 11.5 Å². The minimum absolute atomic E-state index is 0.142. The number of nitrogens with zero attached hydrogens (tertiary/aromatic N) is 2. The number of rotatable bonds is 4. The monoisotopic (exact) mass is 455 g/mol. The lowest BCUT2D eigenvalue weighted by Gasteiger charge is -2.54. The van der Waals surface area contributed by atoms with Gasteiger partial charge in [0.15, 0.2) is 0 Å². The molecule has 1 spiro atoms. The lowest BCUT2D eigenvalue weighted by Crippen LogP contribution is -2.54. The molecule has 0 unspecified atom stereocenters. The molecule has 2 heterocycles. The number of hydrogen-bond acceptors (Lipinski definition) is 5. The average molecular weight is 455 g/mol. The van der Waals surface area contributed by atoms with E-state index in [2.05, 4.69) is 10.2 Å². The Kier molecular flexibility index (Phi) is 5.26. The van der Waals surface area contributed by atoms with Gasteiger partial charge < -0.3 is 14.1 Å². The fourth-order valence-corrected chi connectivity index (χ4v) is 5.02. The maximum atomic E-state index is 13.8. The number of H-pyrrole nitrogens is 1. The average Bonchev–Trinajstić information content (AvgIpc) is 3.23. The third kappa shape index (κ3) is 4.40. The summed E-state index contributed by atoms with van der Waals surface area (Å²) in [7, 11) is 0. The zero-order valence-corrected chi connectivity index (χ0v) is 17.8. The topological polar surface area (TPSA) is 88.4 Å². The number of nitrogens with one attached hydrogen (secondary N) is 1. The molecule has 1 amide bonds. The van der Waals surface area contributed by atoms with E-state index in [0.717, 1.165) is 11.1 Å². The second kappa shape index (κ2) is 8.13. The predicted octanol–water partition coefficient (Wildman–Crippen LogP) is 4.92. The number of piperidine rings is 1. The molecule has 172 valence electrons. The maximum Gasteiger partial charge on any atom is 0.434 e. The van der Waals surface area contributed by atoms with Gasteiger partial charge in [0, 0.05) is 24.9 Å². The number of amides is 1. The highest BCUT2D eigenvalue weighted by atomic mass is 19.3. The Morgan fingerprint density at radius 3 is 2.52 bits per heavy atom. The summed E-state index contributed by atoms with van der Waals surface area (Å²) in [4.78, 5) is 25.8. The number of ether oxygens (including phenoxy) is 1. The second-order valence-corrected chi connectivity index (χ2v) is 8.95. The summed E-state index contributed by atoms with van der Waals surface area (Å²) < 4.78 is 38.0. The summed E-state index contributed by atoms with van der Waals surface area (Å²) in [5, 5.41) is 6.03. The van der Waals surface area contributed by atoms with Crippen molar-refractivity contribution in [2.75, 3.05) is 6.54 Å². The predicted molar refractivity (Wildman–Crippen MR) is 114 cm³/mol. The second-order valence-electron chi connectivity index (χ2n) is 8.95. The highest BCUT2D eigenvalue weighted by Crippen LogP contribution is 2.60. The number of aromatic nitrogens is 2. The van der Waals surface area contributed by atoms with Crippen LogP contribution in [0.5, 0.6) is 0 Å². The largest absolute Gasteiger partial charge is 0.445 e. The third-order valence-corrected chi connectivity index (χ3v) is 6.57. The lowest BCUT2D eigenvalue weighted by atomic mass is 9.59. The van der Waals surface area contributed by atoms with Gasteiger partial charge in [-0.3, -0.25) is 0 Å². The Labute approximate surface area is 188 Å². The Morgan fingerprint density at radius 2 is 1.88 bits per heavy atom. The van der Waals surface area contributed by atoms with E-state index in [1.54, 1.807) is 17.0 Å². The number of halogens is 2. The molecule has 5 rings (SSSR count). The molecule has 2 aromatic carbocycles. The van der Waals surface area contributed by atoms with Gasteiger partial charge in [0.05, 0.1) is 6.04 Å². The Balaban J connectivity index is 1.37. The Morgan fingerprint density at radius 1 is 1.15 bits per heavy atom. The van der Waals surface area contributed by atoms with Crippen molar-refractivity contribution in [3.05, 3.63) is 76.3 Å². The van der Waals surface area contributed by atoms with Crippen LogP contribution in [0.2, 0.25) is 0 Å². The molecule has 1 saturated carbocycles. The molecule has 9 heteroatoms. The van der Waals surface area contributed by atoms with E-state index >= 15 is 0 Å². The molecule has 1 atom stereocenters. The number of likely N-dealkylation sites (tertiary alicyclic amines) is 1. The molecule has 2 aliphatic rings. The fourth-order valence-electron chi connectivity index (χ4n) is 5.02. The molecule has 0 radical (unpaired) electrons. The van der Waals surface area contributed by atoms with Crippen LogP contribution in [0, 0.1) is 5.41 Å². The van der Waals surface area contributed by atoms with E-state index in [9.17, 15) is 18.4 Å². The summed E-state index contributed by atoms with van der Waals surface area (Å²) in [6.07, 6.45) is 0.197. The highest BCUT2D eigenvalue weighted by Gasteiger charge is 2.59. The number of aromatic amines is 1. The normalized spacial score (nSPS) is 20.9. The van der Waals surface area contributed by atoms with Crippen molar-refractivity contribution < 1.29 is 22.7 Å². The number of carbonyl (C=O) groups excluding carboxylic acids is 1. The van der Waals surface area contributed by atoms with Gasteiger partial charge in [0.1, 0.15) is 6.61 Å². The lowest BCUT2D eigenvalue weighted by molar-refractivity contribution is -0.183. The van der Waals surface area contributed by atoms with Gasteiger partial charge in [-0.2, -0.15) is 0 Å².